The Morgan fingerprint density at radius 2 is 1.83 bits per heavy atom. The summed E-state index contributed by atoms with van der Waals surface area (Å²) in [6.45, 7) is 4.42. The van der Waals surface area contributed by atoms with Crippen molar-refractivity contribution in [1.82, 2.24) is 15.5 Å². The monoisotopic (exact) mass is 458 g/mol. The molecule has 1 rings (SSSR count). The van der Waals surface area contributed by atoms with Crippen LogP contribution in [0.15, 0.2) is 35.3 Å². The van der Waals surface area contributed by atoms with E-state index in [0.29, 0.717) is 19.0 Å². The lowest BCUT2D eigenvalue weighted by atomic mass is 10.2. The van der Waals surface area contributed by atoms with Gasteiger partial charge in [-0.3, -0.25) is 4.99 Å². The second kappa shape index (κ2) is 12.3. The third-order valence-electron chi connectivity index (χ3n) is 3.09. The normalized spacial score (nSPS) is 12.0. The maximum Gasteiger partial charge on any atom is 0.390 e. The van der Waals surface area contributed by atoms with Crippen LogP contribution < -0.4 is 10.6 Å². The maximum atomic E-state index is 12.1. The van der Waals surface area contributed by atoms with Crippen molar-refractivity contribution in [2.75, 3.05) is 33.2 Å². The minimum absolute atomic E-state index is 0. The van der Waals surface area contributed by atoms with Crippen molar-refractivity contribution in [1.29, 1.82) is 0 Å². The van der Waals surface area contributed by atoms with Crippen LogP contribution in [0.5, 0.6) is 0 Å². The van der Waals surface area contributed by atoms with Gasteiger partial charge >= 0.3 is 6.18 Å². The van der Waals surface area contributed by atoms with Crippen molar-refractivity contribution < 1.29 is 13.2 Å². The first-order chi connectivity index (χ1) is 10.9. The van der Waals surface area contributed by atoms with Crippen molar-refractivity contribution in [3.8, 4) is 0 Å². The Kier molecular flexibility index (Phi) is 11.8. The van der Waals surface area contributed by atoms with E-state index in [4.69, 9.17) is 0 Å². The Labute approximate surface area is 158 Å². The van der Waals surface area contributed by atoms with Gasteiger partial charge in [-0.25, -0.2) is 0 Å². The van der Waals surface area contributed by atoms with Gasteiger partial charge in [-0.1, -0.05) is 30.3 Å². The van der Waals surface area contributed by atoms with E-state index in [1.54, 1.807) is 0 Å². The fraction of sp³-hybridized carbons (Fsp3) is 0.562. The Morgan fingerprint density at radius 1 is 1.17 bits per heavy atom. The van der Waals surface area contributed by atoms with E-state index in [2.05, 4.69) is 32.7 Å². The largest absolute Gasteiger partial charge is 0.390 e. The zero-order chi connectivity index (χ0) is 17.1. The maximum absolute atomic E-state index is 12.1. The number of guanidine groups is 1. The minimum Gasteiger partial charge on any atom is -0.357 e. The Hall–Kier alpha value is -1.03. The Morgan fingerprint density at radius 3 is 2.42 bits per heavy atom. The van der Waals surface area contributed by atoms with Gasteiger partial charge in [0, 0.05) is 26.2 Å². The van der Waals surface area contributed by atoms with Crippen LogP contribution in [-0.2, 0) is 6.54 Å². The third-order valence-corrected chi connectivity index (χ3v) is 3.09. The van der Waals surface area contributed by atoms with Crippen molar-refractivity contribution in [3.05, 3.63) is 35.9 Å². The Balaban J connectivity index is 0.00000529. The summed E-state index contributed by atoms with van der Waals surface area (Å²) in [6, 6.07) is 10.1. The highest BCUT2D eigenvalue weighted by molar-refractivity contribution is 14.0. The second-order valence-corrected chi connectivity index (χ2v) is 5.28. The van der Waals surface area contributed by atoms with E-state index in [0.717, 1.165) is 13.1 Å². The number of likely N-dealkylation sites (N-methyl/N-ethyl adjacent to an activating group) is 1. The number of aliphatic imine (C=N–C) groups is 1. The molecule has 4 nitrogen and oxygen atoms in total. The van der Waals surface area contributed by atoms with Gasteiger partial charge < -0.3 is 15.5 Å². The summed E-state index contributed by atoms with van der Waals surface area (Å²) in [5.41, 5.74) is 1.22. The molecule has 0 aliphatic heterocycles. The lowest BCUT2D eigenvalue weighted by molar-refractivity contribution is -0.132. The fourth-order valence-corrected chi connectivity index (χ4v) is 1.98. The van der Waals surface area contributed by atoms with Gasteiger partial charge in [0.1, 0.15) is 0 Å². The van der Waals surface area contributed by atoms with Crippen molar-refractivity contribution in [2.45, 2.75) is 26.1 Å². The molecule has 8 heteroatoms. The van der Waals surface area contributed by atoms with Crippen LogP contribution in [0.2, 0.25) is 0 Å². The number of nitrogens with one attached hydrogen (secondary N) is 2. The molecule has 0 amide bonds. The summed E-state index contributed by atoms with van der Waals surface area (Å²) in [4.78, 5) is 6.08. The van der Waals surface area contributed by atoms with Crippen LogP contribution >= 0.6 is 24.0 Å². The van der Waals surface area contributed by atoms with Gasteiger partial charge in [-0.15, -0.1) is 24.0 Å². The van der Waals surface area contributed by atoms with Crippen LogP contribution in [0.3, 0.4) is 0 Å². The molecule has 0 atom stereocenters. The van der Waals surface area contributed by atoms with E-state index in [-0.39, 0.29) is 30.5 Å². The smallest absolute Gasteiger partial charge is 0.357 e. The van der Waals surface area contributed by atoms with E-state index in [1.165, 1.54) is 5.56 Å². The summed E-state index contributed by atoms with van der Waals surface area (Å²) in [7, 11) is 2.00. The summed E-state index contributed by atoms with van der Waals surface area (Å²) in [5.74, 6) is 0.421. The minimum atomic E-state index is -4.17. The van der Waals surface area contributed by atoms with Gasteiger partial charge in [0.15, 0.2) is 5.96 Å². The molecule has 138 valence electrons. The van der Waals surface area contributed by atoms with E-state index >= 15 is 0 Å². The molecule has 0 bridgehead atoms. The predicted octanol–water partition coefficient (Wildman–Crippen LogP) is 3.24. The van der Waals surface area contributed by atoms with Crippen LogP contribution in [0.4, 0.5) is 13.2 Å². The van der Waals surface area contributed by atoms with E-state index in [9.17, 15) is 13.2 Å². The predicted molar refractivity (Wildman–Crippen MR) is 103 cm³/mol. The number of nitrogens with zero attached hydrogens (tertiary/aromatic N) is 2. The molecule has 0 aliphatic rings. The third kappa shape index (κ3) is 11.5. The molecule has 24 heavy (non-hydrogen) atoms. The number of hydrogen-bond acceptors (Lipinski definition) is 2. The van der Waals surface area contributed by atoms with E-state index in [1.807, 2.05) is 32.2 Å². The molecular formula is C16H26F3IN4. The van der Waals surface area contributed by atoms with E-state index < -0.39 is 12.6 Å². The molecule has 2 N–H and O–H groups in total. The molecule has 0 aliphatic carbocycles. The highest BCUT2D eigenvalue weighted by atomic mass is 127. The van der Waals surface area contributed by atoms with Gasteiger partial charge in [0.05, 0.1) is 13.0 Å². The number of hydrogen-bond donors (Lipinski definition) is 2. The number of benzene rings is 1. The van der Waals surface area contributed by atoms with Gasteiger partial charge in [0.25, 0.3) is 0 Å². The molecule has 1 aromatic carbocycles. The highest BCUT2D eigenvalue weighted by Gasteiger charge is 2.26. The number of halogens is 4. The van der Waals surface area contributed by atoms with Gasteiger partial charge in [-0.05, 0) is 19.5 Å². The average Bonchev–Trinajstić information content (AvgIpc) is 2.47. The summed E-state index contributed by atoms with van der Waals surface area (Å²) in [5, 5.41) is 6.00. The van der Waals surface area contributed by atoms with Crippen LogP contribution in [-0.4, -0.2) is 50.3 Å². The van der Waals surface area contributed by atoms with Crippen molar-refractivity contribution in [3.63, 3.8) is 0 Å². The molecule has 0 radical (unpaired) electrons. The summed E-state index contributed by atoms with van der Waals surface area (Å²) < 4.78 is 36.4. The topological polar surface area (TPSA) is 39.7 Å². The molecule has 1 aromatic rings. The molecule has 0 saturated heterocycles. The fourth-order valence-electron chi connectivity index (χ4n) is 1.98. The average molecular weight is 458 g/mol. The zero-order valence-electron chi connectivity index (χ0n) is 14.1. The number of rotatable bonds is 8. The quantitative estimate of drug-likeness (QED) is 0.357. The highest BCUT2D eigenvalue weighted by Crippen LogP contribution is 2.18. The molecule has 0 fully saturated rings. The van der Waals surface area contributed by atoms with Crippen LogP contribution in [0.25, 0.3) is 0 Å². The standard InChI is InChI=1S/C16H25F3N4.HI/c1-3-20-15(21-10-9-16(17,18)19)22-11-12-23(2)13-14-7-5-4-6-8-14;/h4-8H,3,9-13H2,1-2H3,(H2,20,21,22);1H. The van der Waals surface area contributed by atoms with Crippen molar-refractivity contribution >= 4 is 29.9 Å². The molecule has 0 aromatic heterocycles. The molecule has 0 saturated carbocycles. The molecule has 0 heterocycles. The second-order valence-electron chi connectivity index (χ2n) is 5.28. The SMILES string of the molecule is CCNC(=NCCC(F)(F)F)NCCN(C)Cc1ccccc1.I. The van der Waals surface area contributed by atoms with Gasteiger partial charge in [-0.2, -0.15) is 13.2 Å². The zero-order valence-corrected chi connectivity index (χ0v) is 16.4. The molecular weight excluding hydrogens is 432 g/mol. The number of alkyl halides is 3. The Bertz CT molecular complexity index is 466. The summed E-state index contributed by atoms with van der Waals surface area (Å²) >= 11 is 0. The molecule has 0 unspecified atom stereocenters. The summed E-state index contributed by atoms with van der Waals surface area (Å²) in [6.07, 6.45) is -5.08. The van der Waals surface area contributed by atoms with Crippen molar-refractivity contribution in [2.24, 2.45) is 4.99 Å². The van der Waals surface area contributed by atoms with Crippen LogP contribution in [0.1, 0.15) is 18.9 Å². The van der Waals surface area contributed by atoms with Gasteiger partial charge in [0.2, 0.25) is 0 Å². The first kappa shape index (κ1) is 23.0. The first-order valence-electron chi connectivity index (χ1n) is 7.72. The van der Waals surface area contributed by atoms with Crippen LogP contribution in [0, 0.1) is 0 Å². The first-order valence-corrected chi connectivity index (χ1v) is 7.72. The lowest BCUT2D eigenvalue weighted by Crippen LogP contribution is -2.41. The lowest BCUT2D eigenvalue weighted by Gasteiger charge is -2.18. The molecule has 0 spiro atoms.